The average molecular weight is 322 g/mol. The SMILES string of the molecule is O=C(c1ccc(-n2ccnc2)nc1)N1CCC[C@H](n2cccn2)C1. The van der Waals surface area contributed by atoms with Crippen LogP contribution in [0.4, 0.5) is 0 Å². The van der Waals surface area contributed by atoms with Crippen LogP contribution in [0.1, 0.15) is 29.2 Å². The van der Waals surface area contributed by atoms with Crippen molar-refractivity contribution in [2.75, 3.05) is 13.1 Å². The second kappa shape index (κ2) is 6.27. The Morgan fingerprint density at radius 1 is 1.21 bits per heavy atom. The molecule has 0 saturated carbocycles. The number of imidazole rings is 1. The number of aromatic nitrogens is 5. The third kappa shape index (κ3) is 2.80. The van der Waals surface area contributed by atoms with Gasteiger partial charge in [-0.05, 0) is 31.0 Å². The molecule has 0 bridgehead atoms. The van der Waals surface area contributed by atoms with Crippen molar-refractivity contribution in [1.82, 2.24) is 29.2 Å². The molecule has 0 aliphatic carbocycles. The number of likely N-dealkylation sites (tertiary alicyclic amines) is 1. The van der Waals surface area contributed by atoms with Crippen LogP contribution in [0.25, 0.3) is 5.82 Å². The van der Waals surface area contributed by atoms with E-state index in [1.165, 1.54) is 0 Å². The van der Waals surface area contributed by atoms with E-state index in [9.17, 15) is 4.79 Å². The molecule has 0 N–H and O–H groups in total. The molecule has 1 amide bonds. The summed E-state index contributed by atoms with van der Waals surface area (Å²) in [5.74, 6) is 0.772. The molecule has 3 aromatic rings. The van der Waals surface area contributed by atoms with Gasteiger partial charge in [-0.25, -0.2) is 9.97 Å². The molecule has 0 unspecified atom stereocenters. The van der Waals surface area contributed by atoms with Gasteiger partial charge in [0.15, 0.2) is 0 Å². The summed E-state index contributed by atoms with van der Waals surface area (Å²) in [4.78, 5) is 23.0. The van der Waals surface area contributed by atoms with Gasteiger partial charge in [0.2, 0.25) is 0 Å². The Bertz CT molecular complexity index is 794. The summed E-state index contributed by atoms with van der Waals surface area (Å²) in [6, 6.07) is 5.82. The fourth-order valence-corrected chi connectivity index (χ4v) is 3.09. The fraction of sp³-hybridized carbons (Fsp3) is 0.294. The van der Waals surface area contributed by atoms with Gasteiger partial charge in [0.05, 0.1) is 11.6 Å². The molecule has 1 aliphatic heterocycles. The van der Waals surface area contributed by atoms with Crippen LogP contribution in [-0.4, -0.2) is 48.2 Å². The van der Waals surface area contributed by atoms with E-state index in [2.05, 4.69) is 15.1 Å². The van der Waals surface area contributed by atoms with Crippen LogP contribution in [0.2, 0.25) is 0 Å². The Balaban J connectivity index is 1.49. The van der Waals surface area contributed by atoms with Gasteiger partial charge in [-0.15, -0.1) is 0 Å². The monoisotopic (exact) mass is 322 g/mol. The zero-order valence-electron chi connectivity index (χ0n) is 13.2. The maximum atomic E-state index is 12.7. The van der Waals surface area contributed by atoms with Crippen LogP contribution in [0.15, 0.2) is 55.5 Å². The topological polar surface area (TPSA) is 68.8 Å². The molecule has 0 spiro atoms. The summed E-state index contributed by atoms with van der Waals surface area (Å²) in [5.41, 5.74) is 0.611. The van der Waals surface area contributed by atoms with E-state index in [-0.39, 0.29) is 11.9 Å². The van der Waals surface area contributed by atoms with Crippen molar-refractivity contribution in [3.63, 3.8) is 0 Å². The predicted octanol–water partition coefficient (Wildman–Crippen LogP) is 1.94. The van der Waals surface area contributed by atoms with E-state index in [1.54, 1.807) is 24.9 Å². The Labute approximate surface area is 139 Å². The minimum absolute atomic E-state index is 0.0246. The second-order valence-corrected chi connectivity index (χ2v) is 5.91. The third-order valence-corrected chi connectivity index (χ3v) is 4.35. The Morgan fingerprint density at radius 2 is 2.17 bits per heavy atom. The number of nitrogens with zero attached hydrogens (tertiary/aromatic N) is 6. The minimum Gasteiger partial charge on any atom is -0.336 e. The first-order valence-electron chi connectivity index (χ1n) is 8.04. The molecule has 7 nitrogen and oxygen atoms in total. The molecule has 1 atom stereocenters. The molecular formula is C17H18N6O. The molecule has 0 aromatic carbocycles. The molecule has 3 aromatic heterocycles. The highest BCUT2D eigenvalue weighted by atomic mass is 16.2. The molecular weight excluding hydrogens is 304 g/mol. The summed E-state index contributed by atoms with van der Waals surface area (Å²) in [7, 11) is 0. The van der Waals surface area contributed by atoms with Gasteiger partial charge in [-0.1, -0.05) is 0 Å². The first-order valence-corrected chi connectivity index (χ1v) is 8.04. The molecule has 1 aliphatic rings. The van der Waals surface area contributed by atoms with Crippen molar-refractivity contribution in [2.24, 2.45) is 0 Å². The lowest BCUT2D eigenvalue weighted by atomic mass is 10.0. The Morgan fingerprint density at radius 3 is 2.88 bits per heavy atom. The number of carbonyl (C=O) groups excluding carboxylic acids is 1. The number of hydrogen-bond acceptors (Lipinski definition) is 4. The number of hydrogen-bond donors (Lipinski definition) is 0. The lowest BCUT2D eigenvalue weighted by Crippen LogP contribution is -2.40. The largest absolute Gasteiger partial charge is 0.336 e. The lowest BCUT2D eigenvalue weighted by molar-refractivity contribution is 0.0672. The van der Waals surface area contributed by atoms with Crippen LogP contribution in [0.5, 0.6) is 0 Å². The van der Waals surface area contributed by atoms with Crippen LogP contribution in [-0.2, 0) is 0 Å². The molecule has 4 heterocycles. The minimum atomic E-state index is 0.0246. The van der Waals surface area contributed by atoms with Crippen molar-refractivity contribution in [3.05, 3.63) is 61.1 Å². The quantitative estimate of drug-likeness (QED) is 0.739. The highest BCUT2D eigenvalue weighted by Gasteiger charge is 2.25. The Kier molecular flexibility index (Phi) is 3.82. The summed E-state index contributed by atoms with van der Waals surface area (Å²) in [6.45, 7) is 1.46. The molecule has 122 valence electrons. The van der Waals surface area contributed by atoms with Crippen molar-refractivity contribution < 1.29 is 4.79 Å². The number of piperidine rings is 1. The number of pyridine rings is 1. The van der Waals surface area contributed by atoms with Crippen LogP contribution in [0.3, 0.4) is 0 Å². The first kappa shape index (κ1) is 14.6. The van der Waals surface area contributed by atoms with Gasteiger partial charge >= 0.3 is 0 Å². The van der Waals surface area contributed by atoms with E-state index >= 15 is 0 Å². The zero-order chi connectivity index (χ0) is 16.4. The van der Waals surface area contributed by atoms with E-state index in [0.29, 0.717) is 12.1 Å². The second-order valence-electron chi connectivity index (χ2n) is 5.91. The zero-order valence-corrected chi connectivity index (χ0v) is 13.2. The molecule has 0 radical (unpaired) electrons. The fourth-order valence-electron chi connectivity index (χ4n) is 3.09. The Hall–Kier alpha value is -2.96. The van der Waals surface area contributed by atoms with Gasteiger partial charge in [0, 0.05) is 44.1 Å². The van der Waals surface area contributed by atoms with Crippen LogP contribution in [0, 0.1) is 0 Å². The number of rotatable bonds is 3. The number of carbonyl (C=O) groups is 1. The van der Waals surface area contributed by atoms with Gasteiger partial charge in [-0.2, -0.15) is 5.10 Å². The van der Waals surface area contributed by atoms with Crippen LogP contribution < -0.4 is 0 Å². The van der Waals surface area contributed by atoms with Gasteiger partial charge < -0.3 is 4.90 Å². The molecule has 1 fully saturated rings. The predicted molar refractivity (Wildman–Crippen MR) is 87.8 cm³/mol. The average Bonchev–Trinajstić information content (AvgIpc) is 3.35. The van der Waals surface area contributed by atoms with Crippen molar-refractivity contribution in [3.8, 4) is 5.82 Å². The summed E-state index contributed by atoms with van der Waals surface area (Å²) >= 11 is 0. The molecule has 24 heavy (non-hydrogen) atoms. The summed E-state index contributed by atoms with van der Waals surface area (Å²) in [5, 5.41) is 4.30. The normalized spacial score (nSPS) is 17.8. The van der Waals surface area contributed by atoms with E-state index in [4.69, 9.17) is 0 Å². The number of amides is 1. The van der Waals surface area contributed by atoms with E-state index < -0.39 is 0 Å². The van der Waals surface area contributed by atoms with E-state index in [0.717, 1.165) is 25.2 Å². The van der Waals surface area contributed by atoms with Crippen LogP contribution >= 0.6 is 0 Å². The van der Waals surface area contributed by atoms with Crippen molar-refractivity contribution in [1.29, 1.82) is 0 Å². The highest BCUT2D eigenvalue weighted by molar-refractivity contribution is 5.94. The van der Waals surface area contributed by atoms with Gasteiger partial charge in [0.25, 0.3) is 5.91 Å². The maximum Gasteiger partial charge on any atom is 0.255 e. The van der Waals surface area contributed by atoms with E-state index in [1.807, 2.05) is 44.7 Å². The van der Waals surface area contributed by atoms with Crippen molar-refractivity contribution >= 4 is 5.91 Å². The molecule has 7 heteroatoms. The maximum absolute atomic E-state index is 12.7. The smallest absolute Gasteiger partial charge is 0.255 e. The third-order valence-electron chi connectivity index (χ3n) is 4.35. The van der Waals surface area contributed by atoms with Crippen molar-refractivity contribution in [2.45, 2.75) is 18.9 Å². The molecule has 4 rings (SSSR count). The summed E-state index contributed by atoms with van der Waals surface area (Å²) < 4.78 is 3.75. The summed E-state index contributed by atoms with van der Waals surface area (Å²) in [6.07, 6.45) is 12.6. The first-order chi connectivity index (χ1) is 11.8. The van der Waals surface area contributed by atoms with Gasteiger partial charge in [-0.3, -0.25) is 14.0 Å². The lowest BCUT2D eigenvalue weighted by Gasteiger charge is -2.32. The highest BCUT2D eigenvalue weighted by Crippen LogP contribution is 2.22. The molecule has 1 saturated heterocycles. The standard InChI is InChI=1S/C17H18N6O/c24-17(14-4-5-16(19-11-14)22-10-7-18-13-22)21-8-1-3-15(12-21)23-9-2-6-20-23/h2,4-7,9-11,13,15H,1,3,8,12H2/t15-/m0/s1. The van der Waals surface area contributed by atoms with Gasteiger partial charge in [0.1, 0.15) is 12.1 Å².